The third-order valence-corrected chi connectivity index (χ3v) is 6.07. The predicted molar refractivity (Wildman–Crippen MR) is 129 cm³/mol. The first-order valence-electron chi connectivity index (χ1n) is 11.7. The van der Waals surface area contributed by atoms with E-state index < -0.39 is 29.0 Å². The fourth-order valence-corrected chi connectivity index (χ4v) is 4.28. The molecule has 1 unspecified atom stereocenters. The molecule has 2 aliphatic heterocycles. The van der Waals surface area contributed by atoms with Gasteiger partial charge >= 0.3 is 17.9 Å². The van der Waals surface area contributed by atoms with E-state index in [0.29, 0.717) is 34.9 Å². The number of carbonyl (C=O) groups excluding carboxylic acids is 2. The number of hydrogen-bond donors (Lipinski definition) is 1. The number of anilines is 1. The molecule has 4 heterocycles. The summed E-state index contributed by atoms with van der Waals surface area (Å²) in [6, 6.07) is 7.87. The topological polar surface area (TPSA) is 151 Å². The quantitative estimate of drug-likeness (QED) is 0.362. The van der Waals surface area contributed by atoms with Gasteiger partial charge in [-0.25, -0.2) is 14.2 Å². The standard InChI is InChI=1S/C24H23FN6O7/c1-13-18(5-6-22(27-13)37-17-9-29-11-21(31(34)35)28-23(29)36-12-17)19-4-3-15(7-20(19)25)30-10-16(38-24(30)33)8-26-14(2)32/h3-7,11,16-17H,8-10,12H2,1-2H3,(H,26,32)/t16?,17-/m0/s1. The Morgan fingerprint density at radius 2 is 2.05 bits per heavy atom. The van der Waals surface area contributed by atoms with Crippen molar-refractivity contribution in [3.05, 3.63) is 58.2 Å². The minimum absolute atomic E-state index is 0.136. The van der Waals surface area contributed by atoms with E-state index in [9.17, 15) is 19.7 Å². The number of rotatable bonds is 7. The van der Waals surface area contributed by atoms with Crippen LogP contribution in [-0.4, -0.2) is 63.4 Å². The van der Waals surface area contributed by atoms with Crippen molar-refractivity contribution < 1.29 is 33.1 Å². The number of halogens is 1. The molecule has 3 aromatic rings. The van der Waals surface area contributed by atoms with Gasteiger partial charge in [0.1, 0.15) is 24.7 Å². The van der Waals surface area contributed by atoms with Gasteiger partial charge in [-0.3, -0.25) is 14.3 Å². The van der Waals surface area contributed by atoms with Gasteiger partial charge in [-0.2, -0.15) is 0 Å². The zero-order valence-electron chi connectivity index (χ0n) is 20.4. The number of imidazole rings is 1. The minimum atomic E-state index is -0.615. The lowest BCUT2D eigenvalue weighted by atomic mass is 10.0. The van der Waals surface area contributed by atoms with Gasteiger partial charge in [0.05, 0.1) is 25.3 Å². The number of amides is 2. The van der Waals surface area contributed by atoms with E-state index in [1.807, 2.05) is 0 Å². The Kier molecular flexibility index (Phi) is 6.53. The first-order chi connectivity index (χ1) is 18.2. The van der Waals surface area contributed by atoms with Crippen LogP contribution in [0.5, 0.6) is 11.9 Å². The maximum absolute atomic E-state index is 15.2. The summed E-state index contributed by atoms with van der Waals surface area (Å²) in [5, 5.41) is 13.5. The Balaban J connectivity index is 1.27. The molecule has 0 aliphatic carbocycles. The number of cyclic esters (lactones) is 1. The van der Waals surface area contributed by atoms with Crippen molar-refractivity contribution in [1.82, 2.24) is 19.9 Å². The molecule has 2 amide bonds. The van der Waals surface area contributed by atoms with Gasteiger partial charge in [-0.05, 0) is 36.1 Å². The summed E-state index contributed by atoms with van der Waals surface area (Å²) in [7, 11) is 0. The number of nitrogens with zero attached hydrogens (tertiary/aromatic N) is 5. The van der Waals surface area contributed by atoms with E-state index in [-0.39, 0.29) is 37.4 Å². The van der Waals surface area contributed by atoms with Crippen LogP contribution in [0.2, 0.25) is 0 Å². The number of benzene rings is 1. The Morgan fingerprint density at radius 1 is 1.26 bits per heavy atom. The van der Waals surface area contributed by atoms with Gasteiger partial charge in [0.2, 0.25) is 11.8 Å². The van der Waals surface area contributed by atoms with Crippen LogP contribution in [0.3, 0.4) is 0 Å². The molecule has 38 heavy (non-hydrogen) atoms. The highest BCUT2D eigenvalue weighted by atomic mass is 19.1. The van der Waals surface area contributed by atoms with Crippen LogP contribution in [-0.2, 0) is 16.1 Å². The van der Waals surface area contributed by atoms with Crippen molar-refractivity contribution in [2.75, 3.05) is 24.6 Å². The molecular formula is C24H23FN6O7. The van der Waals surface area contributed by atoms with Crippen molar-refractivity contribution in [3.8, 4) is 23.0 Å². The average Bonchev–Trinajstić information content (AvgIpc) is 3.46. The van der Waals surface area contributed by atoms with Gasteiger partial charge < -0.3 is 29.6 Å². The van der Waals surface area contributed by atoms with Crippen LogP contribution in [0.1, 0.15) is 12.6 Å². The zero-order chi connectivity index (χ0) is 27.0. The monoisotopic (exact) mass is 526 g/mol. The van der Waals surface area contributed by atoms with Gasteiger partial charge in [0.15, 0.2) is 6.10 Å². The van der Waals surface area contributed by atoms with E-state index >= 15 is 4.39 Å². The van der Waals surface area contributed by atoms with Crippen molar-refractivity contribution >= 4 is 23.5 Å². The van der Waals surface area contributed by atoms with Gasteiger partial charge in [-0.1, -0.05) is 0 Å². The fourth-order valence-electron chi connectivity index (χ4n) is 4.28. The average molecular weight is 526 g/mol. The number of ether oxygens (including phenoxy) is 3. The maximum Gasteiger partial charge on any atom is 0.414 e. The molecule has 0 spiro atoms. The molecule has 13 nitrogen and oxygen atoms in total. The van der Waals surface area contributed by atoms with Crippen LogP contribution < -0.4 is 19.7 Å². The maximum atomic E-state index is 15.2. The second kappa shape index (κ2) is 9.95. The smallest absolute Gasteiger partial charge is 0.414 e. The Morgan fingerprint density at radius 3 is 2.76 bits per heavy atom. The fraction of sp³-hybridized carbons (Fsp3) is 0.333. The SMILES string of the molecule is CC(=O)NCC1CN(c2ccc(-c3ccc(O[C@@H]4COc5nc([N+](=O)[O-])cn5C4)nc3C)c(F)c2)C(=O)O1. The van der Waals surface area contributed by atoms with Crippen LogP contribution in [0, 0.1) is 22.9 Å². The number of fused-ring (bicyclic) bond motifs is 1. The lowest BCUT2D eigenvalue weighted by Gasteiger charge is -2.23. The lowest BCUT2D eigenvalue weighted by Crippen LogP contribution is -2.34. The second-order valence-corrected chi connectivity index (χ2v) is 8.84. The number of pyridine rings is 1. The summed E-state index contributed by atoms with van der Waals surface area (Å²) in [5.41, 5.74) is 1.69. The number of carbonyl (C=O) groups is 2. The minimum Gasteiger partial charge on any atom is -0.469 e. The summed E-state index contributed by atoms with van der Waals surface area (Å²) < 4.78 is 33.2. The summed E-state index contributed by atoms with van der Waals surface area (Å²) in [6.07, 6.45) is -0.321. The number of nitro groups is 1. The van der Waals surface area contributed by atoms with Crippen molar-refractivity contribution in [1.29, 1.82) is 0 Å². The van der Waals surface area contributed by atoms with E-state index in [1.165, 1.54) is 28.7 Å². The summed E-state index contributed by atoms with van der Waals surface area (Å²) in [6.45, 7) is 3.87. The number of nitrogens with one attached hydrogen (secondary N) is 1. The highest BCUT2D eigenvalue weighted by molar-refractivity contribution is 5.90. The number of hydrogen-bond acceptors (Lipinski definition) is 9. The molecule has 2 aliphatic rings. The molecule has 198 valence electrons. The van der Waals surface area contributed by atoms with Gasteiger partial charge in [0.25, 0.3) is 0 Å². The first kappa shape index (κ1) is 24.9. The summed E-state index contributed by atoms with van der Waals surface area (Å²) >= 11 is 0. The van der Waals surface area contributed by atoms with Crippen molar-refractivity contribution in [2.45, 2.75) is 32.6 Å². The van der Waals surface area contributed by atoms with Gasteiger partial charge in [-0.15, -0.1) is 0 Å². The Labute approximate surface area is 215 Å². The highest BCUT2D eigenvalue weighted by Gasteiger charge is 2.33. The largest absolute Gasteiger partial charge is 0.469 e. The normalized spacial score (nSPS) is 18.4. The Hall–Kier alpha value is -4.75. The van der Waals surface area contributed by atoms with Crippen LogP contribution >= 0.6 is 0 Å². The molecule has 0 bridgehead atoms. The molecular weight excluding hydrogens is 503 g/mol. The molecule has 1 N–H and O–H groups in total. The molecule has 2 atom stereocenters. The highest BCUT2D eigenvalue weighted by Crippen LogP contribution is 2.32. The van der Waals surface area contributed by atoms with E-state index in [1.54, 1.807) is 31.2 Å². The molecule has 14 heteroatoms. The van der Waals surface area contributed by atoms with E-state index in [4.69, 9.17) is 14.2 Å². The molecule has 1 fully saturated rings. The number of aromatic nitrogens is 3. The zero-order valence-corrected chi connectivity index (χ0v) is 20.4. The van der Waals surface area contributed by atoms with Crippen LogP contribution in [0.4, 0.5) is 20.7 Å². The van der Waals surface area contributed by atoms with E-state index in [2.05, 4.69) is 15.3 Å². The lowest BCUT2D eigenvalue weighted by molar-refractivity contribution is -0.389. The third-order valence-electron chi connectivity index (χ3n) is 6.07. The number of aryl methyl sites for hydroxylation is 1. The van der Waals surface area contributed by atoms with E-state index in [0.717, 1.165) is 0 Å². The molecule has 0 saturated carbocycles. The van der Waals surface area contributed by atoms with Crippen molar-refractivity contribution in [2.24, 2.45) is 0 Å². The second-order valence-electron chi connectivity index (χ2n) is 8.84. The van der Waals surface area contributed by atoms with Crippen LogP contribution in [0.25, 0.3) is 11.1 Å². The van der Waals surface area contributed by atoms with Crippen LogP contribution in [0.15, 0.2) is 36.5 Å². The molecule has 1 aromatic carbocycles. The molecule has 2 aromatic heterocycles. The molecule has 1 saturated heterocycles. The van der Waals surface area contributed by atoms with Crippen molar-refractivity contribution in [3.63, 3.8) is 0 Å². The predicted octanol–water partition coefficient (Wildman–Crippen LogP) is 2.60. The molecule has 5 rings (SSSR count). The first-order valence-corrected chi connectivity index (χ1v) is 11.7. The summed E-state index contributed by atoms with van der Waals surface area (Å²) in [5.74, 6) is -0.798. The third kappa shape index (κ3) is 5.05. The Bertz CT molecular complexity index is 1430. The summed E-state index contributed by atoms with van der Waals surface area (Å²) in [4.78, 5) is 43.2. The molecule has 0 radical (unpaired) electrons. The van der Waals surface area contributed by atoms with Gasteiger partial charge in [0, 0.05) is 34.8 Å².